The predicted molar refractivity (Wildman–Crippen MR) is 121 cm³/mol. The van der Waals surface area contributed by atoms with Crippen LogP contribution in [0.1, 0.15) is 18.1 Å². The number of sulfone groups is 1. The Bertz CT molecular complexity index is 1100. The minimum absolute atomic E-state index is 0.113. The second kappa shape index (κ2) is 8.82. The number of anilines is 1. The first-order chi connectivity index (χ1) is 15.3. The lowest BCUT2D eigenvalue weighted by Crippen LogP contribution is -2.44. The van der Waals surface area contributed by atoms with Crippen LogP contribution in [0.4, 0.5) is 10.5 Å². The van der Waals surface area contributed by atoms with Crippen molar-refractivity contribution in [2.75, 3.05) is 29.6 Å². The van der Waals surface area contributed by atoms with Gasteiger partial charge in [-0.3, -0.25) is 9.69 Å². The normalized spacial score (nSPS) is 21.5. The van der Waals surface area contributed by atoms with E-state index in [1.54, 1.807) is 24.3 Å². The fourth-order valence-electron chi connectivity index (χ4n) is 4.25. The molecule has 2 fully saturated rings. The summed E-state index contributed by atoms with van der Waals surface area (Å²) < 4.78 is 30.2. The zero-order valence-corrected chi connectivity index (χ0v) is 19.0. The molecule has 0 spiro atoms. The molecule has 2 atom stereocenters. The highest BCUT2D eigenvalue weighted by molar-refractivity contribution is 7.91. The van der Waals surface area contributed by atoms with E-state index in [0.29, 0.717) is 24.6 Å². The molecule has 0 radical (unpaired) electrons. The van der Waals surface area contributed by atoms with Gasteiger partial charge in [-0.15, -0.1) is 0 Å². The van der Waals surface area contributed by atoms with Crippen LogP contribution >= 0.6 is 0 Å². The fraction of sp³-hybridized carbons (Fsp3) is 0.391. The van der Waals surface area contributed by atoms with Crippen LogP contribution in [0, 0.1) is 6.92 Å². The average Bonchev–Trinajstić information content (AvgIpc) is 3.19. The Balaban J connectivity index is 1.49. The van der Waals surface area contributed by atoms with Crippen LogP contribution in [0.2, 0.25) is 0 Å². The van der Waals surface area contributed by atoms with Crippen LogP contribution in [-0.4, -0.2) is 62.0 Å². The molecular formula is C23H27N3O5S. The summed E-state index contributed by atoms with van der Waals surface area (Å²) in [7, 11) is -3.31. The molecule has 1 N–H and O–H groups in total. The molecule has 2 aliphatic heterocycles. The Labute approximate surface area is 188 Å². The molecule has 2 heterocycles. The molecule has 170 valence electrons. The Kier molecular flexibility index (Phi) is 6.10. The van der Waals surface area contributed by atoms with Crippen LogP contribution in [0.25, 0.3) is 0 Å². The van der Waals surface area contributed by atoms with Crippen LogP contribution in [0.3, 0.4) is 0 Å². The van der Waals surface area contributed by atoms with Gasteiger partial charge in [0.25, 0.3) is 0 Å². The second-order valence-electron chi connectivity index (χ2n) is 8.18. The smallest absolute Gasteiger partial charge is 0.325 e. The molecular weight excluding hydrogens is 430 g/mol. The lowest BCUT2D eigenvalue weighted by molar-refractivity contribution is -0.122. The third-order valence-corrected chi connectivity index (χ3v) is 7.53. The van der Waals surface area contributed by atoms with Crippen molar-refractivity contribution in [2.24, 2.45) is 0 Å². The maximum Gasteiger partial charge on any atom is 0.325 e. The van der Waals surface area contributed by atoms with Crippen molar-refractivity contribution >= 4 is 27.5 Å². The van der Waals surface area contributed by atoms with E-state index in [9.17, 15) is 18.0 Å². The van der Waals surface area contributed by atoms with Crippen molar-refractivity contribution in [3.63, 3.8) is 0 Å². The van der Waals surface area contributed by atoms with Crippen molar-refractivity contribution < 1.29 is 22.7 Å². The minimum Gasteiger partial charge on any atom is -0.494 e. The van der Waals surface area contributed by atoms with Gasteiger partial charge in [-0.25, -0.2) is 13.2 Å². The lowest BCUT2D eigenvalue weighted by Gasteiger charge is -2.22. The van der Waals surface area contributed by atoms with Crippen molar-refractivity contribution in [2.45, 2.75) is 32.5 Å². The van der Waals surface area contributed by atoms with E-state index in [1.807, 2.05) is 38.1 Å². The fourth-order valence-corrected chi connectivity index (χ4v) is 6.20. The number of hydrogen-bond donors (Lipinski definition) is 1. The number of nitrogens with one attached hydrogen (secondary N) is 1. The zero-order valence-electron chi connectivity index (χ0n) is 18.2. The topological polar surface area (TPSA) is 96.0 Å². The van der Waals surface area contributed by atoms with Crippen molar-refractivity contribution in [3.8, 4) is 5.75 Å². The number of ether oxygens (including phenoxy) is 1. The number of fused-ring (bicyclic) bond motifs is 1. The molecule has 2 unspecified atom stereocenters. The van der Waals surface area contributed by atoms with Crippen LogP contribution in [-0.2, 0) is 21.2 Å². The van der Waals surface area contributed by atoms with Crippen molar-refractivity contribution in [1.29, 1.82) is 0 Å². The first kappa shape index (κ1) is 22.1. The summed E-state index contributed by atoms with van der Waals surface area (Å²) in [6, 6.07) is 13.4. The second-order valence-corrected chi connectivity index (χ2v) is 10.3. The average molecular weight is 458 g/mol. The summed E-state index contributed by atoms with van der Waals surface area (Å²) >= 11 is 0. The van der Waals surface area contributed by atoms with E-state index in [4.69, 9.17) is 4.74 Å². The first-order valence-corrected chi connectivity index (χ1v) is 12.4. The maximum atomic E-state index is 13.2. The first-order valence-electron chi connectivity index (χ1n) is 10.6. The summed E-state index contributed by atoms with van der Waals surface area (Å²) in [4.78, 5) is 28.7. The number of nitrogens with zero attached hydrogens (tertiary/aromatic N) is 2. The SMILES string of the molecule is CCOc1ccc(N2C(=O)N(CC(=O)NCc3ccc(C)cc3)C3CS(=O)(=O)CC32)cc1. The molecule has 0 saturated carbocycles. The Morgan fingerprint density at radius 1 is 1.06 bits per heavy atom. The summed E-state index contributed by atoms with van der Waals surface area (Å²) in [5.41, 5.74) is 2.67. The number of carbonyl (C=O) groups excluding carboxylic acids is 2. The number of benzene rings is 2. The van der Waals surface area contributed by atoms with Gasteiger partial charge in [0.1, 0.15) is 12.3 Å². The zero-order chi connectivity index (χ0) is 22.9. The van der Waals surface area contributed by atoms with Gasteiger partial charge in [0, 0.05) is 12.2 Å². The van der Waals surface area contributed by atoms with Gasteiger partial charge in [-0.1, -0.05) is 29.8 Å². The molecule has 0 aromatic heterocycles. The lowest BCUT2D eigenvalue weighted by atomic mass is 10.1. The molecule has 2 saturated heterocycles. The highest BCUT2D eigenvalue weighted by atomic mass is 32.2. The Hall–Kier alpha value is -3.07. The molecule has 2 aromatic carbocycles. The van der Waals surface area contributed by atoms with Crippen LogP contribution in [0.15, 0.2) is 48.5 Å². The molecule has 8 nitrogen and oxygen atoms in total. The number of amides is 3. The molecule has 32 heavy (non-hydrogen) atoms. The van der Waals surface area contributed by atoms with Crippen molar-refractivity contribution in [3.05, 3.63) is 59.7 Å². The molecule has 0 bridgehead atoms. The summed E-state index contributed by atoms with van der Waals surface area (Å²) in [6.07, 6.45) is 0. The largest absolute Gasteiger partial charge is 0.494 e. The molecule has 9 heteroatoms. The van der Waals surface area contributed by atoms with Crippen LogP contribution in [0.5, 0.6) is 5.75 Å². The number of carbonyl (C=O) groups is 2. The third kappa shape index (κ3) is 4.57. The standard InChI is InChI=1S/C23H27N3O5S/c1-3-31-19-10-8-18(9-11-19)26-21-15-32(29,30)14-20(21)25(23(26)28)13-22(27)24-12-17-6-4-16(2)5-7-17/h4-11,20-21H,3,12-15H2,1-2H3,(H,24,27). The number of hydrogen-bond acceptors (Lipinski definition) is 5. The molecule has 2 aliphatic rings. The predicted octanol–water partition coefficient (Wildman–Crippen LogP) is 2.12. The number of rotatable bonds is 7. The van der Waals surface area contributed by atoms with E-state index in [-0.39, 0.29) is 30.0 Å². The molecule has 0 aliphatic carbocycles. The monoisotopic (exact) mass is 457 g/mol. The quantitative estimate of drug-likeness (QED) is 0.643. The third-order valence-electron chi connectivity index (χ3n) is 5.83. The summed E-state index contributed by atoms with van der Waals surface area (Å²) in [5.74, 6) is 0.0987. The molecule has 2 aromatic rings. The van der Waals surface area contributed by atoms with Crippen molar-refractivity contribution in [1.82, 2.24) is 10.2 Å². The summed E-state index contributed by atoms with van der Waals surface area (Å²) in [6.45, 7) is 4.55. The van der Waals surface area contributed by atoms with Gasteiger partial charge in [-0.2, -0.15) is 0 Å². The molecule has 3 amide bonds. The number of urea groups is 1. The van der Waals surface area contributed by atoms with Gasteiger partial charge in [0.15, 0.2) is 9.84 Å². The highest BCUT2D eigenvalue weighted by Gasteiger charge is 2.54. The van der Waals surface area contributed by atoms with E-state index in [2.05, 4.69) is 5.32 Å². The van der Waals surface area contributed by atoms with E-state index >= 15 is 0 Å². The van der Waals surface area contributed by atoms with Gasteiger partial charge in [0.05, 0.1) is 30.2 Å². The van der Waals surface area contributed by atoms with Gasteiger partial charge in [0.2, 0.25) is 5.91 Å². The Morgan fingerprint density at radius 2 is 1.72 bits per heavy atom. The highest BCUT2D eigenvalue weighted by Crippen LogP contribution is 2.35. The summed E-state index contributed by atoms with van der Waals surface area (Å²) in [5, 5.41) is 2.83. The number of aryl methyl sites for hydroxylation is 1. The van der Waals surface area contributed by atoms with E-state index < -0.39 is 21.9 Å². The van der Waals surface area contributed by atoms with Gasteiger partial charge in [-0.05, 0) is 43.7 Å². The maximum absolute atomic E-state index is 13.2. The van der Waals surface area contributed by atoms with E-state index in [0.717, 1.165) is 11.1 Å². The minimum atomic E-state index is -3.31. The van der Waals surface area contributed by atoms with Gasteiger partial charge < -0.3 is 15.0 Å². The Morgan fingerprint density at radius 3 is 2.38 bits per heavy atom. The van der Waals surface area contributed by atoms with Gasteiger partial charge >= 0.3 is 6.03 Å². The van der Waals surface area contributed by atoms with Crippen LogP contribution < -0.4 is 15.0 Å². The molecule has 4 rings (SSSR count). The van der Waals surface area contributed by atoms with E-state index in [1.165, 1.54) is 9.80 Å².